The molecule has 1 aliphatic heterocycles. The fourth-order valence-electron chi connectivity index (χ4n) is 2.54. The molecule has 0 aromatic rings. The van der Waals surface area contributed by atoms with Crippen molar-refractivity contribution in [2.75, 3.05) is 39.0 Å². The van der Waals surface area contributed by atoms with Gasteiger partial charge in [-0.15, -0.1) is 0 Å². The highest BCUT2D eigenvalue weighted by atomic mass is 32.2. The predicted octanol–water partition coefficient (Wildman–Crippen LogP) is 2.20. The summed E-state index contributed by atoms with van der Waals surface area (Å²) in [4.78, 5) is 2.54. The molecule has 1 N–H and O–H groups in total. The van der Waals surface area contributed by atoms with Crippen molar-refractivity contribution in [3.8, 4) is 0 Å². The van der Waals surface area contributed by atoms with Crippen LogP contribution < -0.4 is 5.32 Å². The fraction of sp³-hybridized carbons (Fsp3) is 1.00. The highest BCUT2D eigenvalue weighted by Crippen LogP contribution is 2.27. The van der Waals surface area contributed by atoms with Crippen molar-refractivity contribution in [2.45, 2.75) is 37.4 Å². The molecule has 0 atom stereocenters. The van der Waals surface area contributed by atoms with Gasteiger partial charge in [0.15, 0.2) is 0 Å². The van der Waals surface area contributed by atoms with E-state index < -0.39 is 0 Å². The minimum atomic E-state index is 0.929. The average molecular weight is 242 g/mol. The molecule has 1 saturated heterocycles. The van der Waals surface area contributed by atoms with E-state index in [0.29, 0.717) is 0 Å². The van der Waals surface area contributed by atoms with Gasteiger partial charge in [0.2, 0.25) is 0 Å². The van der Waals surface area contributed by atoms with E-state index in [1.165, 1.54) is 64.0 Å². The van der Waals surface area contributed by atoms with Gasteiger partial charge < -0.3 is 10.2 Å². The van der Waals surface area contributed by atoms with Crippen LogP contribution in [0.3, 0.4) is 0 Å². The highest BCUT2D eigenvalue weighted by molar-refractivity contribution is 7.99. The number of piperidine rings is 1. The Hall–Kier alpha value is 0.270. The maximum absolute atomic E-state index is 3.43. The van der Waals surface area contributed by atoms with Crippen LogP contribution in [0.2, 0.25) is 0 Å². The zero-order chi connectivity index (χ0) is 11.2. The minimum absolute atomic E-state index is 0.929. The average Bonchev–Trinajstić information content (AvgIpc) is 2.25. The summed E-state index contributed by atoms with van der Waals surface area (Å²) in [5.74, 6) is 2.35. The summed E-state index contributed by atoms with van der Waals surface area (Å²) in [5, 5.41) is 4.36. The molecule has 1 aliphatic carbocycles. The van der Waals surface area contributed by atoms with E-state index in [4.69, 9.17) is 0 Å². The van der Waals surface area contributed by atoms with E-state index in [0.717, 1.165) is 11.2 Å². The van der Waals surface area contributed by atoms with Crippen molar-refractivity contribution >= 4 is 11.8 Å². The van der Waals surface area contributed by atoms with Crippen LogP contribution in [0.4, 0.5) is 0 Å². The van der Waals surface area contributed by atoms with Crippen molar-refractivity contribution < 1.29 is 0 Å². The Labute approximate surface area is 105 Å². The molecule has 94 valence electrons. The lowest BCUT2D eigenvalue weighted by atomic mass is 9.85. The van der Waals surface area contributed by atoms with Crippen LogP contribution in [0.25, 0.3) is 0 Å². The van der Waals surface area contributed by atoms with Gasteiger partial charge in [-0.05, 0) is 51.7 Å². The molecular weight excluding hydrogens is 216 g/mol. The standard InChI is InChI=1S/C13H26N2S/c1-15(11-12-3-2-4-12)9-10-16-13-5-7-14-8-6-13/h12-14H,2-11H2,1H3. The second-order valence-electron chi connectivity index (χ2n) is 5.38. The SMILES string of the molecule is CN(CCSC1CCNCC1)CC1CCC1. The summed E-state index contributed by atoms with van der Waals surface area (Å²) in [7, 11) is 2.29. The molecular formula is C13H26N2S. The molecule has 2 aliphatic rings. The summed E-state index contributed by atoms with van der Waals surface area (Å²) >= 11 is 2.20. The molecule has 0 radical (unpaired) electrons. The Kier molecular flexibility index (Phi) is 5.46. The quantitative estimate of drug-likeness (QED) is 0.769. The van der Waals surface area contributed by atoms with E-state index in [2.05, 4.69) is 29.0 Å². The molecule has 2 rings (SSSR count). The molecule has 2 nitrogen and oxygen atoms in total. The Balaban J connectivity index is 1.49. The summed E-state index contributed by atoms with van der Waals surface area (Å²) in [6, 6.07) is 0. The molecule has 0 aromatic carbocycles. The fourth-order valence-corrected chi connectivity index (χ4v) is 3.86. The van der Waals surface area contributed by atoms with E-state index in [9.17, 15) is 0 Å². The highest BCUT2D eigenvalue weighted by Gasteiger charge is 2.19. The molecule has 0 amide bonds. The van der Waals surface area contributed by atoms with Crippen molar-refractivity contribution in [3.05, 3.63) is 0 Å². The normalized spacial score (nSPS) is 23.6. The Morgan fingerprint density at radius 2 is 1.94 bits per heavy atom. The van der Waals surface area contributed by atoms with Crippen LogP contribution in [0.1, 0.15) is 32.1 Å². The van der Waals surface area contributed by atoms with E-state index in [-0.39, 0.29) is 0 Å². The molecule has 1 heterocycles. The zero-order valence-electron chi connectivity index (χ0n) is 10.6. The van der Waals surface area contributed by atoms with Gasteiger partial charge in [0.1, 0.15) is 0 Å². The van der Waals surface area contributed by atoms with Gasteiger partial charge in [0, 0.05) is 24.1 Å². The van der Waals surface area contributed by atoms with E-state index >= 15 is 0 Å². The molecule has 1 saturated carbocycles. The van der Waals surface area contributed by atoms with Crippen LogP contribution >= 0.6 is 11.8 Å². The van der Waals surface area contributed by atoms with Gasteiger partial charge in [-0.3, -0.25) is 0 Å². The number of thioether (sulfide) groups is 1. The van der Waals surface area contributed by atoms with Gasteiger partial charge in [0.25, 0.3) is 0 Å². The lowest BCUT2D eigenvalue weighted by molar-refractivity contribution is 0.213. The first-order chi connectivity index (χ1) is 7.84. The van der Waals surface area contributed by atoms with Gasteiger partial charge in [-0.2, -0.15) is 11.8 Å². The Bertz CT molecular complexity index is 188. The third-order valence-corrected chi connectivity index (χ3v) is 5.27. The lowest BCUT2D eigenvalue weighted by Crippen LogP contribution is -2.32. The summed E-state index contributed by atoms with van der Waals surface area (Å²) < 4.78 is 0. The summed E-state index contributed by atoms with van der Waals surface area (Å²) in [6.07, 6.45) is 7.17. The van der Waals surface area contributed by atoms with Crippen LogP contribution in [0.15, 0.2) is 0 Å². The van der Waals surface area contributed by atoms with E-state index in [1.54, 1.807) is 0 Å². The second-order valence-corrected chi connectivity index (χ2v) is 6.79. The van der Waals surface area contributed by atoms with Crippen LogP contribution in [-0.4, -0.2) is 49.1 Å². The predicted molar refractivity (Wildman–Crippen MR) is 73.2 cm³/mol. The van der Waals surface area contributed by atoms with Crippen LogP contribution in [0, 0.1) is 5.92 Å². The van der Waals surface area contributed by atoms with Crippen LogP contribution in [-0.2, 0) is 0 Å². The molecule has 16 heavy (non-hydrogen) atoms. The van der Waals surface area contributed by atoms with Gasteiger partial charge in [-0.1, -0.05) is 6.42 Å². The zero-order valence-corrected chi connectivity index (χ0v) is 11.4. The van der Waals surface area contributed by atoms with E-state index in [1.807, 2.05) is 0 Å². The third-order valence-electron chi connectivity index (χ3n) is 3.91. The second kappa shape index (κ2) is 6.87. The Morgan fingerprint density at radius 3 is 2.56 bits per heavy atom. The van der Waals surface area contributed by atoms with Gasteiger partial charge in [0.05, 0.1) is 0 Å². The maximum Gasteiger partial charge on any atom is 0.00716 e. The van der Waals surface area contributed by atoms with Crippen molar-refractivity contribution in [1.29, 1.82) is 0 Å². The summed E-state index contributed by atoms with van der Waals surface area (Å²) in [6.45, 7) is 5.09. The van der Waals surface area contributed by atoms with Crippen molar-refractivity contribution in [3.63, 3.8) is 0 Å². The number of hydrogen-bond donors (Lipinski definition) is 1. The number of nitrogens with zero attached hydrogens (tertiary/aromatic N) is 1. The van der Waals surface area contributed by atoms with Crippen molar-refractivity contribution in [2.24, 2.45) is 5.92 Å². The molecule has 0 spiro atoms. The monoisotopic (exact) mass is 242 g/mol. The molecule has 2 fully saturated rings. The van der Waals surface area contributed by atoms with Crippen molar-refractivity contribution in [1.82, 2.24) is 10.2 Å². The molecule has 3 heteroatoms. The molecule has 0 unspecified atom stereocenters. The smallest absolute Gasteiger partial charge is 0.00716 e. The number of rotatable bonds is 6. The lowest BCUT2D eigenvalue weighted by Gasteiger charge is -2.30. The molecule has 0 aromatic heterocycles. The first-order valence-corrected chi connectivity index (χ1v) is 7.90. The van der Waals surface area contributed by atoms with Gasteiger partial charge in [-0.25, -0.2) is 0 Å². The first-order valence-electron chi connectivity index (χ1n) is 6.85. The third kappa shape index (κ3) is 4.27. The van der Waals surface area contributed by atoms with Gasteiger partial charge >= 0.3 is 0 Å². The number of nitrogens with one attached hydrogen (secondary N) is 1. The molecule has 0 bridgehead atoms. The minimum Gasteiger partial charge on any atom is -0.317 e. The van der Waals surface area contributed by atoms with Crippen LogP contribution in [0.5, 0.6) is 0 Å². The topological polar surface area (TPSA) is 15.3 Å². The first kappa shape index (κ1) is 12.7. The largest absolute Gasteiger partial charge is 0.317 e. The summed E-state index contributed by atoms with van der Waals surface area (Å²) in [5.41, 5.74) is 0. The number of hydrogen-bond acceptors (Lipinski definition) is 3. The Morgan fingerprint density at radius 1 is 1.19 bits per heavy atom. The maximum atomic E-state index is 3.43.